The number of non-ortho nitro benzene ring substituents is 1. The summed E-state index contributed by atoms with van der Waals surface area (Å²) in [6, 6.07) is 12.8. The minimum absolute atomic E-state index is 0.0786. The maximum Gasteiger partial charge on any atom is 0.273 e. The molecule has 8 heteroatoms. The highest BCUT2D eigenvalue weighted by atomic mass is 32.2. The Labute approximate surface area is 158 Å². The van der Waals surface area contributed by atoms with E-state index in [0.717, 1.165) is 22.2 Å². The van der Waals surface area contributed by atoms with Crippen molar-refractivity contribution in [3.63, 3.8) is 0 Å². The van der Waals surface area contributed by atoms with Crippen LogP contribution in [0, 0.1) is 17.0 Å². The molecule has 6 nitrogen and oxygen atoms in total. The van der Waals surface area contributed by atoms with E-state index in [2.05, 4.69) is 0 Å². The van der Waals surface area contributed by atoms with E-state index >= 15 is 0 Å². The Morgan fingerprint density at radius 3 is 2.65 bits per heavy atom. The van der Waals surface area contributed by atoms with E-state index in [-0.39, 0.29) is 14.9 Å². The number of benzene rings is 2. The van der Waals surface area contributed by atoms with Crippen LogP contribution in [0.15, 0.2) is 53.4 Å². The van der Waals surface area contributed by atoms with Crippen molar-refractivity contribution in [2.75, 3.05) is 0 Å². The number of imide groups is 1. The smallest absolute Gasteiger partial charge is 0.268 e. The number of thioether (sulfide) groups is 1. The molecule has 2 aromatic carbocycles. The molecule has 1 aliphatic rings. The van der Waals surface area contributed by atoms with Crippen LogP contribution < -0.4 is 0 Å². The summed E-state index contributed by atoms with van der Waals surface area (Å²) in [5.74, 6) is -1.02. The largest absolute Gasteiger partial charge is 0.273 e. The standard InChI is InChI=1S/C18H12N2O4S2/c1-11-4-2-6-13(8-11)16(21)19-17(22)15(26-18(19)25)10-12-5-3-7-14(9-12)20(23)24/h2-10H,1H3/b15-10+. The lowest BCUT2D eigenvalue weighted by atomic mass is 10.1. The molecule has 1 fully saturated rings. The Morgan fingerprint density at radius 2 is 1.96 bits per heavy atom. The number of hydrogen-bond acceptors (Lipinski definition) is 6. The lowest BCUT2D eigenvalue weighted by Gasteiger charge is -2.12. The van der Waals surface area contributed by atoms with Crippen molar-refractivity contribution in [2.24, 2.45) is 0 Å². The molecule has 0 aromatic heterocycles. The summed E-state index contributed by atoms with van der Waals surface area (Å²) in [5.41, 5.74) is 1.68. The number of carbonyl (C=O) groups is 2. The number of amides is 2. The molecule has 0 bridgehead atoms. The number of nitro benzene ring substituents is 1. The van der Waals surface area contributed by atoms with E-state index in [9.17, 15) is 19.7 Å². The zero-order valence-electron chi connectivity index (χ0n) is 13.5. The summed E-state index contributed by atoms with van der Waals surface area (Å²) in [7, 11) is 0. The summed E-state index contributed by atoms with van der Waals surface area (Å²) in [6.45, 7) is 1.85. The molecule has 1 saturated heterocycles. The summed E-state index contributed by atoms with van der Waals surface area (Å²) in [5, 5.41) is 10.9. The topological polar surface area (TPSA) is 80.5 Å². The molecule has 0 aliphatic carbocycles. The molecule has 1 aliphatic heterocycles. The van der Waals surface area contributed by atoms with Gasteiger partial charge in [-0.3, -0.25) is 19.7 Å². The minimum Gasteiger partial charge on any atom is -0.268 e. The Morgan fingerprint density at radius 1 is 1.23 bits per heavy atom. The highest BCUT2D eigenvalue weighted by Gasteiger charge is 2.37. The van der Waals surface area contributed by atoms with Gasteiger partial charge in [-0.2, -0.15) is 0 Å². The van der Waals surface area contributed by atoms with Crippen LogP contribution in [-0.2, 0) is 4.79 Å². The molecule has 0 unspecified atom stereocenters. The molecule has 0 radical (unpaired) electrons. The molecule has 2 amide bonds. The predicted octanol–water partition coefficient (Wildman–Crippen LogP) is 3.94. The molecule has 26 heavy (non-hydrogen) atoms. The fraction of sp³-hybridized carbons (Fsp3) is 0.0556. The van der Waals surface area contributed by atoms with Crippen molar-refractivity contribution in [2.45, 2.75) is 6.92 Å². The molecular formula is C18H12N2O4S2. The number of hydrogen-bond donors (Lipinski definition) is 0. The zero-order valence-corrected chi connectivity index (χ0v) is 15.2. The van der Waals surface area contributed by atoms with E-state index in [1.807, 2.05) is 13.0 Å². The number of thiocarbonyl (C=S) groups is 1. The van der Waals surface area contributed by atoms with Gasteiger partial charge < -0.3 is 0 Å². The molecule has 0 N–H and O–H groups in total. The van der Waals surface area contributed by atoms with Gasteiger partial charge in [0.15, 0.2) is 4.32 Å². The summed E-state index contributed by atoms with van der Waals surface area (Å²) in [6.07, 6.45) is 1.50. The van der Waals surface area contributed by atoms with E-state index in [0.29, 0.717) is 11.1 Å². The number of nitrogens with zero attached hydrogens (tertiary/aromatic N) is 2. The van der Waals surface area contributed by atoms with Gasteiger partial charge in [0.25, 0.3) is 17.5 Å². The lowest BCUT2D eigenvalue weighted by Crippen LogP contribution is -2.34. The van der Waals surface area contributed by atoms with Crippen LogP contribution in [0.5, 0.6) is 0 Å². The predicted molar refractivity (Wildman–Crippen MR) is 104 cm³/mol. The minimum atomic E-state index is -0.530. The average molecular weight is 384 g/mol. The molecule has 0 atom stereocenters. The third kappa shape index (κ3) is 3.56. The highest BCUT2D eigenvalue weighted by Crippen LogP contribution is 2.34. The molecular weight excluding hydrogens is 372 g/mol. The first kappa shape index (κ1) is 18.0. The van der Waals surface area contributed by atoms with E-state index in [4.69, 9.17) is 12.2 Å². The third-order valence-corrected chi connectivity index (χ3v) is 4.94. The van der Waals surface area contributed by atoms with Gasteiger partial charge in [0, 0.05) is 17.7 Å². The van der Waals surface area contributed by atoms with Crippen LogP contribution >= 0.6 is 24.0 Å². The van der Waals surface area contributed by atoms with Crippen LogP contribution in [0.3, 0.4) is 0 Å². The molecule has 0 saturated carbocycles. The number of rotatable bonds is 3. The monoisotopic (exact) mass is 384 g/mol. The van der Waals surface area contributed by atoms with Crippen molar-refractivity contribution in [1.29, 1.82) is 0 Å². The van der Waals surface area contributed by atoms with Crippen LogP contribution in [0.1, 0.15) is 21.5 Å². The van der Waals surface area contributed by atoms with Gasteiger partial charge in [-0.15, -0.1) is 0 Å². The normalized spacial score (nSPS) is 15.6. The maximum absolute atomic E-state index is 12.6. The number of aryl methyl sites for hydroxylation is 1. The fourth-order valence-corrected chi connectivity index (χ4v) is 3.68. The SMILES string of the molecule is Cc1cccc(C(=O)N2C(=O)/C(=C\c3cccc([N+](=O)[O-])c3)SC2=S)c1. The van der Waals surface area contributed by atoms with Gasteiger partial charge in [0.1, 0.15) is 0 Å². The summed E-state index contributed by atoms with van der Waals surface area (Å²) < 4.78 is 0.137. The van der Waals surface area contributed by atoms with Gasteiger partial charge in [-0.25, -0.2) is 4.90 Å². The molecule has 1 heterocycles. The fourth-order valence-electron chi connectivity index (χ4n) is 2.43. The van der Waals surface area contributed by atoms with Gasteiger partial charge in [0.2, 0.25) is 0 Å². The van der Waals surface area contributed by atoms with Crippen molar-refractivity contribution >= 4 is 51.9 Å². The summed E-state index contributed by atoms with van der Waals surface area (Å²) in [4.78, 5) is 36.8. The first-order valence-corrected chi connectivity index (χ1v) is 8.73. The van der Waals surface area contributed by atoms with Gasteiger partial charge >= 0.3 is 0 Å². The van der Waals surface area contributed by atoms with Crippen LogP contribution in [0.4, 0.5) is 5.69 Å². The van der Waals surface area contributed by atoms with Crippen molar-refractivity contribution in [3.05, 3.63) is 80.2 Å². The van der Waals surface area contributed by atoms with Crippen LogP contribution in [0.25, 0.3) is 6.08 Å². The Bertz CT molecular complexity index is 985. The van der Waals surface area contributed by atoms with Gasteiger partial charge in [0.05, 0.1) is 9.83 Å². The molecule has 2 aromatic rings. The Balaban J connectivity index is 1.90. The second-order valence-corrected chi connectivity index (χ2v) is 7.22. The van der Waals surface area contributed by atoms with Gasteiger partial charge in [-0.1, -0.05) is 53.8 Å². The average Bonchev–Trinajstić information content (AvgIpc) is 2.88. The second-order valence-electron chi connectivity index (χ2n) is 5.54. The summed E-state index contributed by atoms with van der Waals surface area (Å²) >= 11 is 6.18. The first-order valence-electron chi connectivity index (χ1n) is 7.50. The van der Waals surface area contributed by atoms with Crippen molar-refractivity contribution in [1.82, 2.24) is 4.90 Å². The van der Waals surface area contributed by atoms with Crippen LogP contribution in [-0.4, -0.2) is 26.0 Å². The third-order valence-electron chi connectivity index (χ3n) is 3.64. The Hall–Kier alpha value is -2.84. The molecule has 130 valence electrons. The van der Waals surface area contributed by atoms with E-state index in [1.54, 1.807) is 24.3 Å². The Kier molecular flexibility index (Phi) is 4.97. The van der Waals surface area contributed by atoms with E-state index < -0.39 is 16.7 Å². The molecule has 3 rings (SSSR count). The highest BCUT2D eigenvalue weighted by molar-refractivity contribution is 8.26. The quantitative estimate of drug-likeness (QED) is 0.262. The van der Waals surface area contributed by atoms with Gasteiger partial charge in [-0.05, 0) is 30.7 Å². The zero-order chi connectivity index (χ0) is 18.8. The van der Waals surface area contributed by atoms with Crippen molar-refractivity contribution < 1.29 is 14.5 Å². The lowest BCUT2D eigenvalue weighted by molar-refractivity contribution is -0.384. The first-order chi connectivity index (χ1) is 12.4. The van der Waals surface area contributed by atoms with Crippen LogP contribution in [0.2, 0.25) is 0 Å². The van der Waals surface area contributed by atoms with Crippen molar-refractivity contribution in [3.8, 4) is 0 Å². The van der Waals surface area contributed by atoms with E-state index in [1.165, 1.54) is 24.3 Å². The number of nitro groups is 1. The second kappa shape index (κ2) is 7.19. The molecule has 0 spiro atoms. The maximum atomic E-state index is 12.6. The number of carbonyl (C=O) groups excluding carboxylic acids is 2.